The van der Waals surface area contributed by atoms with Crippen LogP contribution in [-0.4, -0.2) is 49.4 Å². The average molecular weight is 319 g/mol. The summed E-state index contributed by atoms with van der Waals surface area (Å²) in [5, 5.41) is 5.78. The first-order valence-corrected chi connectivity index (χ1v) is 8.21. The zero-order chi connectivity index (χ0) is 17.2. The minimum absolute atomic E-state index is 0.0563. The molecular weight excluding hydrogens is 290 g/mol. The lowest BCUT2D eigenvalue weighted by Crippen LogP contribution is -2.43. The third-order valence-electron chi connectivity index (χ3n) is 3.59. The standard InChI is InChI=1S/C18H29N3O2/c1-5-15(16-9-7-6-8-10-16)11-19-17(22)12-21(4)13-18(23)20-14(2)3/h6-10,14-15H,5,11-13H2,1-4H3,(H,19,22)(H,20,23)/t15-/m0/s1. The van der Waals surface area contributed by atoms with Crippen molar-refractivity contribution in [3.63, 3.8) is 0 Å². The number of hydrogen-bond acceptors (Lipinski definition) is 3. The van der Waals surface area contributed by atoms with Crippen molar-refractivity contribution < 1.29 is 9.59 Å². The molecular formula is C18H29N3O2. The summed E-state index contributed by atoms with van der Waals surface area (Å²) in [6.07, 6.45) is 0.969. The number of carbonyl (C=O) groups is 2. The molecule has 5 heteroatoms. The lowest BCUT2D eigenvalue weighted by molar-refractivity contribution is -0.124. The quantitative estimate of drug-likeness (QED) is 0.729. The normalized spacial score (nSPS) is 12.3. The summed E-state index contributed by atoms with van der Waals surface area (Å²) in [4.78, 5) is 25.4. The van der Waals surface area contributed by atoms with Crippen LogP contribution >= 0.6 is 0 Å². The van der Waals surface area contributed by atoms with Crippen molar-refractivity contribution in [2.75, 3.05) is 26.7 Å². The van der Waals surface area contributed by atoms with Crippen LogP contribution in [0.5, 0.6) is 0 Å². The summed E-state index contributed by atoms with van der Waals surface area (Å²) in [7, 11) is 1.77. The second-order valence-electron chi connectivity index (χ2n) is 6.21. The highest BCUT2D eigenvalue weighted by Crippen LogP contribution is 2.17. The van der Waals surface area contributed by atoms with E-state index in [0.717, 1.165) is 6.42 Å². The number of nitrogens with zero attached hydrogens (tertiary/aromatic N) is 1. The Labute approximate surface area is 139 Å². The lowest BCUT2D eigenvalue weighted by atomic mass is 9.96. The van der Waals surface area contributed by atoms with Crippen LogP contribution < -0.4 is 10.6 Å². The van der Waals surface area contributed by atoms with Crippen molar-refractivity contribution in [1.29, 1.82) is 0 Å². The summed E-state index contributed by atoms with van der Waals surface area (Å²) in [5.74, 6) is 0.194. The van der Waals surface area contributed by atoms with E-state index in [9.17, 15) is 9.59 Å². The smallest absolute Gasteiger partial charge is 0.234 e. The van der Waals surface area contributed by atoms with E-state index in [1.807, 2.05) is 32.0 Å². The second-order valence-corrected chi connectivity index (χ2v) is 6.21. The molecule has 2 N–H and O–H groups in total. The number of rotatable bonds is 9. The van der Waals surface area contributed by atoms with Crippen LogP contribution in [0.3, 0.4) is 0 Å². The third kappa shape index (κ3) is 7.79. The average Bonchev–Trinajstić information content (AvgIpc) is 2.47. The molecule has 0 aliphatic rings. The van der Waals surface area contributed by atoms with Gasteiger partial charge in [0, 0.05) is 18.5 Å². The van der Waals surface area contributed by atoms with Gasteiger partial charge in [-0.15, -0.1) is 0 Å². The maximum atomic E-state index is 12.0. The number of nitrogens with one attached hydrogen (secondary N) is 2. The molecule has 0 saturated heterocycles. The van der Waals surface area contributed by atoms with Crippen LogP contribution in [0.2, 0.25) is 0 Å². The van der Waals surface area contributed by atoms with E-state index in [1.165, 1.54) is 5.56 Å². The fourth-order valence-electron chi connectivity index (χ4n) is 2.43. The molecule has 0 heterocycles. The van der Waals surface area contributed by atoms with Crippen LogP contribution in [0, 0.1) is 0 Å². The molecule has 5 nitrogen and oxygen atoms in total. The number of hydrogen-bond donors (Lipinski definition) is 2. The fourth-order valence-corrected chi connectivity index (χ4v) is 2.43. The van der Waals surface area contributed by atoms with Crippen molar-refractivity contribution in [3.8, 4) is 0 Å². The minimum atomic E-state index is -0.0639. The molecule has 0 aromatic heterocycles. The van der Waals surface area contributed by atoms with Gasteiger partial charge < -0.3 is 10.6 Å². The van der Waals surface area contributed by atoms with Crippen LogP contribution in [0.25, 0.3) is 0 Å². The Kier molecular flexibility index (Phi) is 8.33. The topological polar surface area (TPSA) is 61.4 Å². The van der Waals surface area contributed by atoms with Gasteiger partial charge in [-0.05, 0) is 32.9 Å². The molecule has 1 atom stereocenters. The first kappa shape index (κ1) is 19.2. The predicted octanol–water partition coefficient (Wildman–Crippen LogP) is 1.75. The highest BCUT2D eigenvalue weighted by Gasteiger charge is 2.13. The zero-order valence-electron chi connectivity index (χ0n) is 14.6. The Balaban J connectivity index is 2.36. The first-order chi connectivity index (χ1) is 10.9. The molecule has 0 fully saturated rings. The molecule has 2 amide bonds. The number of benzene rings is 1. The highest BCUT2D eigenvalue weighted by molar-refractivity contribution is 5.81. The summed E-state index contributed by atoms with van der Waals surface area (Å²) in [6, 6.07) is 10.3. The Bertz CT molecular complexity index is 488. The van der Waals surface area contributed by atoms with Crippen LogP contribution in [0.15, 0.2) is 30.3 Å². The number of amides is 2. The molecule has 0 spiro atoms. The first-order valence-electron chi connectivity index (χ1n) is 8.21. The van der Waals surface area contributed by atoms with E-state index in [2.05, 4.69) is 29.7 Å². The molecule has 0 unspecified atom stereocenters. The maximum absolute atomic E-state index is 12.0. The predicted molar refractivity (Wildman–Crippen MR) is 93.3 cm³/mol. The molecule has 128 valence electrons. The van der Waals surface area contributed by atoms with Gasteiger partial charge in [-0.2, -0.15) is 0 Å². The lowest BCUT2D eigenvalue weighted by Gasteiger charge is -2.19. The van der Waals surface area contributed by atoms with E-state index in [4.69, 9.17) is 0 Å². The summed E-state index contributed by atoms with van der Waals surface area (Å²) < 4.78 is 0. The summed E-state index contributed by atoms with van der Waals surface area (Å²) in [5.41, 5.74) is 1.24. The van der Waals surface area contributed by atoms with Gasteiger partial charge >= 0.3 is 0 Å². The van der Waals surface area contributed by atoms with Crippen molar-refractivity contribution in [3.05, 3.63) is 35.9 Å². The van der Waals surface area contributed by atoms with Crippen molar-refractivity contribution in [2.45, 2.75) is 39.2 Å². The Morgan fingerprint density at radius 1 is 1.09 bits per heavy atom. The van der Waals surface area contributed by atoms with Crippen LogP contribution in [0.1, 0.15) is 38.7 Å². The van der Waals surface area contributed by atoms with Gasteiger partial charge in [0.2, 0.25) is 11.8 Å². The summed E-state index contributed by atoms with van der Waals surface area (Å²) in [6.45, 7) is 7.01. The van der Waals surface area contributed by atoms with Gasteiger partial charge in [-0.25, -0.2) is 0 Å². The fraction of sp³-hybridized carbons (Fsp3) is 0.556. The zero-order valence-corrected chi connectivity index (χ0v) is 14.6. The molecule has 23 heavy (non-hydrogen) atoms. The molecule has 0 aliphatic heterocycles. The number of likely N-dealkylation sites (N-methyl/N-ethyl adjacent to an activating group) is 1. The van der Waals surface area contributed by atoms with Crippen molar-refractivity contribution in [1.82, 2.24) is 15.5 Å². The second kappa shape index (κ2) is 10.0. The third-order valence-corrected chi connectivity index (χ3v) is 3.59. The van der Waals surface area contributed by atoms with Gasteiger partial charge in [0.1, 0.15) is 0 Å². The largest absolute Gasteiger partial charge is 0.354 e. The van der Waals surface area contributed by atoms with Crippen molar-refractivity contribution >= 4 is 11.8 Å². The molecule has 0 saturated carbocycles. The Hall–Kier alpha value is -1.88. The van der Waals surface area contributed by atoms with E-state index in [-0.39, 0.29) is 30.9 Å². The molecule has 0 aliphatic carbocycles. The van der Waals surface area contributed by atoms with E-state index < -0.39 is 0 Å². The van der Waals surface area contributed by atoms with Gasteiger partial charge in [0.25, 0.3) is 0 Å². The monoisotopic (exact) mass is 319 g/mol. The molecule has 1 aromatic carbocycles. The highest BCUT2D eigenvalue weighted by atomic mass is 16.2. The maximum Gasteiger partial charge on any atom is 0.234 e. The Morgan fingerprint density at radius 3 is 2.26 bits per heavy atom. The Morgan fingerprint density at radius 2 is 1.70 bits per heavy atom. The van der Waals surface area contributed by atoms with Crippen LogP contribution in [-0.2, 0) is 9.59 Å². The molecule has 1 rings (SSSR count). The van der Waals surface area contributed by atoms with Crippen molar-refractivity contribution in [2.24, 2.45) is 0 Å². The molecule has 1 aromatic rings. The number of carbonyl (C=O) groups excluding carboxylic acids is 2. The van der Waals surface area contributed by atoms with Gasteiger partial charge in [0.15, 0.2) is 0 Å². The van der Waals surface area contributed by atoms with Gasteiger partial charge in [-0.1, -0.05) is 37.3 Å². The minimum Gasteiger partial charge on any atom is -0.354 e. The van der Waals surface area contributed by atoms with E-state index in [0.29, 0.717) is 12.5 Å². The van der Waals surface area contributed by atoms with E-state index >= 15 is 0 Å². The van der Waals surface area contributed by atoms with Gasteiger partial charge in [0.05, 0.1) is 13.1 Å². The van der Waals surface area contributed by atoms with Crippen LogP contribution in [0.4, 0.5) is 0 Å². The summed E-state index contributed by atoms with van der Waals surface area (Å²) >= 11 is 0. The van der Waals surface area contributed by atoms with E-state index in [1.54, 1.807) is 11.9 Å². The van der Waals surface area contributed by atoms with Gasteiger partial charge in [-0.3, -0.25) is 14.5 Å². The molecule has 0 bridgehead atoms. The molecule has 0 radical (unpaired) electrons. The SMILES string of the molecule is CC[C@@H](CNC(=O)CN(C)CC(=O)NC(C)C)c1ccccc1.